The van der Waals surface area contributed by atoms with Crippen LogP contribution in [0.25, 0.3) is 0 Å². The number of esters is 1. The van der Waals surface area contributed by atoms with Crippen LogP contribution in [-0.4, -0.2) is 43.7 Å². The summed E-state index contributed by atoms with van der Waals surface area (Å²) in [6, 6.07) is 4.03. The molecular weight excluding hydrogens is 266 g/mol. The highest BCUT2D eigenvalue weighted by atomic mass is 16.5. The van der Waals surface area contributed by atoms with Gasteiger partial charge in [-0.1, -0.05) is 13.3 Å². The van der Waals surface area contributed by atoms with Crippen molar-refractivity contribution in [1.82, 2.24) is 10.3 Å². The molecule has 0 amide bonds. The summed E-state index contributed by atoms with van der Waals surface area (Å²) < 4.78 is 4.87. The highest BCUT2D eigenvalue weighted by Gasteiger charge is 2.21. The van der Waals surface area contributed by atoms with Crippen LogP contribution < -0.4 is 10.2 Å². The molecule has 1 atom stereocenters. The van der Waals surface area contributed by atoms with Gasteiger partial charge in [-0.25, -0.2) is 9.78 Å². The molecule has 1 aliphatic rings. The maximum absolute atomic E-state index is 11.9. The molecule has 0 aliphatic carbocycles. The molecule has 1 aliphatic heterocycles. The predicted octanol–water partition coefficient (Wildman–Crippen LogP) is 2.23. The van der Waals surface area contributed by atoms with Gasteiger partial charge in [0.1, 0.15) is 11.4 Å². The number of nitrogens with zero attached hydrogens (tertiary/aromatic N) is 2. The molecule has 2 heterocycles. The molecule has 1 N–H and O–H groups in total. The molecule has 1 aromatic heterocycles. The van der Waals surface area contributed by atoms with Crippen molar-refractivity contribution in [1.29, 1.82) is 0 Å². The van der Waals surface area contributed by atoms with Gasteiger partial charge in [-0.15, -0.1) is 0 Å². The maximum Gasteiger partial charge on any atom is 0.341 e. The van der Waals surface area contributed by atoms with E-state index in [1.807, 2.05) is 0 Å². The Morgan fingerprint density at radius 1 is 1.52 bits per heavy atom. The molecule has 2 rings (SSSR count). The third-order valence-electron chi connectivity index (χ3n) is 3.84. The zero-order valence-electron chi connectivity index (χ0n) is 13.0. The van der Waals surface area contributed by atoms with Crippen LogP contribution >= 0.6 is 0 Å². The first-order valence-corrected chi connectivity index (χ1v) is 7.78. The van der Waals surface area contributed by atoms with Crippen LogP contribution in [0.15, 0.2) is 18.3 Å². The van der Waals surface area contributed by atoms with Crippen molar-refractivity contribution >= 4 is 11.8 Å². The first-order valence-electron chi connectivity index (χ1n) is 7.78. The maximum atomic E-state index is 11.9. The standard InChI is InChI=1S/C16H25N3O2/c1-3-11-19(12-13-7-4-5-9-17-13)15-14(16(20)21-2)8-6-10-18-15/h6,8,10,13,17H,3-5,7,9,11-12H2,1-2H3. The van der Waals surface area contributed by atoms with E-state index in [0.29, 0.717) is 11.6 Å². The predicted molar refractivity (Wildman–Crippen MR) is 83.7 cm³/mol. The minimum Gasteiger partial charge on any atom is -0.465 e. The molecule has 0 radical (unpaired) electrons. The molecule has 21 heavy (non-hydrogen) atoms. The Morgan fingerprint density at radius 2 is 2.38 bits per heavy atom. The highest BCUT2D eigenvalue weighted by molar-refractivity contribution is 5.94. The number of anilines is 1. The number of nitrogens with one attached hydrogen (secondary N) is 1. The van der Waals surface area contributed by atoms with Gasteiger partial charge in [0, 0.05) is 25.3 Å². The number of methoxy groups -OCH3 is 1. The lowest BCUT2D eigenvalue weighted by Gasteiger charge is -2.32. The first-order chi connectivity index (χ1) is 10.3. The Balaban J connectivity index is 2.18. The minimum absolute atomic E-state index is 0.323. The lowest BCUT2D eigenvalue weighted by molar-refractivity contribution is 0.0601. The van der Waals surface area contributed by atoms with Crippen LogP contribution in [-0.2, 0) is 4.74 Å². The van der Waals surface area contributed by atoms with E-state index >= 15 is 0 Å². The molecule has 5 heteroatoms. The Kier molecular flexibility index (Phi) is 5.99. The Morgan fingerprint density at radius 3 is 3.05 bits per heavy atom. The lowest BCUT2D eigenvalue weighted by Crippen LogP contribution is -2.44. The van der Waals surface area contributed by atoms with Crippen LogP contribution in [0.2, 0.25) is 0 Å². The van der Waals surface area contributed by atoms with Crippen molar-refractivity contribution in [3.8, 4) is 0 Å². The number of hydrogen-bond donors (Lipinski definition) is 1. The molecule has 0 aromatic carbocycles. The van der Waals surface area contributed by atoms with E-state index in [9.17, 15) is 4.79 Å². The van der Waals surface area contributed by atoms with Gasteiger partial charge in [-0.2, -0.15) is 0 Å². The fourth-order valence-corrected chi connectivity index (χ4v) is 2.82. The summed E-state index contributed by atoms with van der Waals surface area (Å²) in [5, 5.41) is 3.55. The van der Waals surface area contributed by atoms with E-state index in [4.69, 9.17) is 4.74 Å². The zero-order valence-corrected chi connectivity index (χ0v) is 13.0. The summed E-state index contributed by atoms with van der Waals surface area (Å²) in [4.78, 5) is 18.6. The molecule has 1 unspecified atom stereocenters. The second-order valence-corrected chi connectivity index (χ2v) is 5.46. The van der Waals surface area contributed by atoms with Crippen LogP contribution in [0, 0.1) is 0 Å². The summed E-state index contributed by atoms with van der Waals surface area (Å²) in [6.07, 6.45) is 6.45. The van der Waals surface area contributed by atoms with Crippen LogP contribution in [0.3, 0.4) is 0 Å². The van der Waals surface area contributed by atoms with E-state index in [-0.39, 0.29) is 5.97 Å². The quantitative estimate of drug-likeness (QED) is 0.815. The summed E-state index contributed by atoms with van der Waals surface area (Å²) in [7, 11) is 1.41. The average molecular weight is 291 g/mol. The zero-order chi connectivity index (χ0) is 15.1. The van der Waals surface area contributed by atoms with Gasteiger partial charge < -0.3 is 15.0 Å². The largest absolute Gasteiger partial charge is 0.465 e. The number of aromatic nitrogens is 1. The van der Waals surface area contributed by atoms with Gasteiger partial charge in [-0.3, -0.25) is 0 Å². The smallest absolute Gasteiger partial charge is 0.341 e. The van der Waals surface area contributed by atoms with E-state index in [1.165, 1.54) is 26.4 Å². The monoisotopic (exact) mass is 291 g/mol. The molecule has 0 saturated carbocycles. The van der Waals surface area contributed by atoms with Crippen molar-refractivity contribution in [3.63, 3.8) is 0 Å². The van der Waals surface area contributed by atoms with Gasteiger partial charge in [0.05, 0.1) is 7.11 Å². The number of carbonyl (C=O) groups is 1. The average Bonchev–Trinajstić information content (AvgIpc) is 2.55. The SMILES string of the molecule is CCCN(CC1CCCCN1)c1ncccc1C(=O)OC. The molecular formula is C16H25N3O2. The Bertz CT molecular complexity index is 459. The second-order valence-electron chi connectivity index (χ2n) is 5.46. The number of carbonyl (C=O) groups excluding carboxylic acids is 1. The molecule has 1 fully saturated rings. The molecule has 116 valence electrons. The topological polar surface area (TPSA) is 54.5 Å². The molecule has 0 bridgehead atoms. The van der Waals surface area contributed by atoms with E-state index in [1.54, 1.807) is 18.3 Å². The number of hydrogen-bond acceptors (Lipinski definition) is 5. The van der Waals surface area contributed by atoms with Gasteiger partial charge in [0.15, 0.2) is 0 Å². The summed E-state index contributed by atoms with van der Waals surface area (Å²) in [5.74, 6) is 0.411. The number of rotatable bonds is 6. The fourth-order valence-electron chi connectivity index (χ4n) is 2.82. The van der Waals surface area contributed by atoms with E-state index in [2.05, 4.69) is 22.1 Å². The normalized spacial score (nSPS) is 18.3. The van der Waals surface area contributed by atoms with Crippen molar-refractivity contribution in [2.24, 2.45) is 0 Å². The van der Waals surface area contributed by atoms with Gasteiger partial charge in [0.25, 0.3) is 0 Å². The van der Waals surface area contributed by atoms with Gasteiger partial charge in [0.2, 0.25) is 0 Å². The third kappa shape index (κ3) is 4.17. The van der Waals surface area contributed by atoms with Crippen molar-refractivity contribution in [2.45, 2.75) is 38.6 Å². The summed E-state index contributed by atoms with van der Waals surface area (Å²) in [6.45, 7) is 4.99. The van der Waals surface area contributed by atoms with Crippen LogP contribution in [0.5, 0.6) is 0 Å². The molecule has 1 saturated heterocycles. The van der Waals surface area contributed by atoms with Crippen molar-refractivity contribution in [2.75, 3.05) is 31.6 Å². The van der Waals surface area contributed by atoms with Crippen LogP contribution in [0.4, 0.5) is 5.82 Å². The van der Waals surface area contributed by atoms with Gasteiger partial charge in [-0.05, 0) is 37.9 Å². The van der Waals surface area contributed by atoms with Crippen molar-refractivity contribution < 1.29 is 9.53 Å². The van der Waals surface area contributed by atoms with Crippen molar-refractivity contribution in [3.05, 3.63) is 23.9 Å². The van der Waals surface area contributed by atoms with Crippen LogP contribution in [0.1, 0.15) is 43.0 Å². The number of piperidine rings is 1. The van der Waals surface area contributed by atoms with E-state index in [0.717, 1.165) is 31.9 Å². The first kappa shape index (κ1) is 15.8. The molecule has 1 aromatic rings. The second kappa shape index (κ2) is 7.98. The number of ether oxygens (including phenoxy) is 1. The highest BCUT2D eigenvalue weighted by Crippen LogP contribution is 2.20. The third-order valence-corrected chi connectivity index (χ3v) is 3.84. The molecule has 5 nitrogen and oxygen atoms in total. The number of pyridine rings is 1. The lowest BCUT2D eigenvalue weighted by atomic mass is 10.0. The summed E-state index contributed by atoms with van der Waals surface area (Å²) >= 11 is 0. The van der Waals surface area contributed by atoms with E-state index < -0.39 is 0 Å². The van der Waals surface area contributed by atoms with Gasteiger partial charge >= 0.3 is 5.97 Å². The minimum atomic E-state index is -0.323. The fraction of sp³-hybridized carbons (Fsp3) is 0.625. The molecule has 0 spiro atoms. The summed E-state index contributed by atoms with van der Waals surface area (Å²) in [5.41, 5.74) is 0.546. The Labute approximate surface area is 126 Å². The Hall–Kier alpha value is -1.62.